The minimum absolute atomic E-state index is 0.133. The van der Waals surface area contributed by atoms with Crippen molar-refractivity contribution in [1.29, 1.82) is 0 Å². The van der Waals surface area contributed by atoms with Crippen molar-refractivity contribution in [3.8, 4) is 0 Å². The summed E-state index contributed by atoms with van der Waals surface area (Å²) in [5, 5.41) is 10.5. The zero-order valence-electron chi connectivity index (χ0n) is 5.37. The van der Waals surface area contributed by atoms with E-state index in [0.29, 0.717) is 0 Å². The first-order valence-electron chi connectivity index (χ1n) is 2.65. The molecule has 0 fully saturated rings. The van der Waals surface area contributed by atoms with Gasteiger partial charge in [-0.3, -0.25) is 0 Å². The minimum atomic E-state index is -0.644. The van der Waals surface area contributed by atoms with Crippen molar-refractivity contribution in [1.82, 2.24) is 5.32 Å². The molecule has 0 radical (unpaired) electrons. The van der Waals surface area contributed by atoms with E-state index in [4.69, 9.17) is 16.6 Å². The van der Waals surface area contributed by atoms with Gasteiger partial charge in [-0.15, -0.1) is 0 Å². The maximum atomic E-state index is 10.4. The number of nitrogens with zero attached hydrogens (tertiary/aromatic N) is 1. The third-order valence-corrected chi connectivity index (χ3v) is 0.619. The summed E-state index contributed by atoms with van der Waals surface area (Å²) in [5.41, 5.74) is 9.74. The molecule has 6 N–H and O–H groups in total. The van der Waals surface area contributed by atoms with Gasteiger partial charge >= 0.3 is 6.03 Å². The van der Waals surface area contributed by atoms with Crippen LogP contribution in [0.3, 0.4) is 0 Å². The number of hydrogen-bond donors (Lipinski definition) is 4. The third kappa shape index (κ3) is 4.85. The maximum absolute atomic E-state index is 10.4. The second-order valence-corrected chi connectivity index (χ2v) is 1.49. The van der Waals surface area contributed by atoms with Gasteiger partial charge in [0.1, 0.15) is 0 Å². The standard InChI is InChI=1S/C4H10N4O2/c5-3(6)8-4(10)7-1-2-9/h9H,1-2H2,(H5,5,6,7,8,10). The lowest BCUT2D eigenvalue weighted by Crippen LogP contribution is -2.29. The molecule has 0 aromatic rings. The Morgan fingerprint density at radius 3 is 2.60 bits per heavy atom. The average molecular weight is 146 g/mol. The number of nitrogens with one attached hydrogen (secondary N) is 1. The Hall–Kier alpha value is -1.30. The highest BCUT2D eigenvalue weighted by Crippen LogP contribution is 1.70. The topological polar surface area (TPSA) is 114 Å². The van der Waals surface area contributed by atoms with E-state index in [9.17, 15) is 4.79 Å². The number of aliphatic imine (C=N–C) groups is 1. The zero-order chi connectivity index (χ0) is 7.98. The molecule has 0 rings (SSSR count). The van der Waals surface area contributed by atoms with Crippen LogP contribution in [0.25, 0.3) is 0 Å². The van der Waals surface area contributed by atoms with Crippen LogP contribution in [0.1, 0.15) is 0 Å². The molecule has 0 atom stereocenters. The van der Waals surface area contributed by atoms with Crippen molar-refractivity contribution in [3.63, 3.8) is 0 Å². The van der Waals surface area contributed by atoms with E-state index in [1.54, 1.807) is 0 Å². The van der Waals surface area contributed by atoms with Crippen molar-refractivity contribution >= 4 is 12.0 Å². The summed E-state index contributed by atoms with van der Waals surface area (Å²) >= 11 is 0. The van der Waals surface area contributed by atoms with Gasteiger partial charge in [0.2, 0.25) is 0 Å². The smallest absolute Gasteiger partial charge is 0.344 e. The number of carbonyl (C=O) groups excluding carboxylic acids is 1. The molecule has 10 heavy (non-hydrogen) atoms. The molecule has 0 aliphatic carbocycles. The Morgan fingerprint density at radius 2 is 2.20 bits per heavy atom. The first-order valence-corrected chi connectivity index (χ1v) is 2.65. The molecule has 0 saturated carbocycles. The van der Waals surface area contributed by atoms with Crippen molar-refractivity contribution in [2.75, 3.05) is 13.2 Å². The number of aliphatic hydroxyl groups is 1. The number of nitrogens with two attached hydrogens (primary N) is 2. The van der Waals surface area contributed by atoms with Gasteiger partial charge < -0.3 is 21.9 Å². The van der Waals surface area contributed by atoms with Crippen molar-refractivity contribution < 1.29 is 9.90 Å². The van der Waals surface area contributed by atoms with Crippen LogP contribution in [0.15, 0.2) is 4.99 Å². The predicted molar refractivity (Wildman–Crippen MR) is 36.3 cm³/mol. The van der Waals surface area contributed by atoms with E-state index in [1.807, 2.05) is 0 Å². The lowest BCUT2D eigenvalue weighted by molar-refractivity contribution is 0.242. The first kappa shape index (κ1) is 8.70. The fourth-order valence-corrected chi connectivity index (χ4v) is 0.320. The van der Waals surface area contributed by atoms with Gasteiger partial charge in [-0.25, -0.2) is 4.79 Å². The van der Waals surface area contributed by atoms with Gasteiger partial charge in [-0.05, 0) is 0 Å². The van der Waals surface area contributed by atoms with Gasteiger partial charge in [0, 0.05) is 6.54 Å². The zero-order valence-corrected chi connectivity index (χ0v) is 5.37. The molecule has 0 aliphatic rings. The highest BCUT2D eigenvalue weighted by atomic mass is 16.3. The lowest BCUT2D eigenvalue weighted by atomic mass is 10.7. The second kappa shape index (κ2) is 4.57. The number of carbonyl (C=O) groups is 1. The number of aliphatic hydroxyl groups excluding tert-OH is 1. The fraction of sp³-hybridized carbons (Fsp3) is 0.500. The largest absolute Gasteiger partial charge is 0.395 e. The monoisotopic (exact) mass is 146 g/mol. The van der Waals surface area contributed by atoms with Crippen molar-refractivity contribution in [2.24, 2.45) is 16.5 Å². The summed E-state index contributed by atoms with van der Waals surface area (Å²) in [6, 6.07) is -0.644. The van der Waals surface area contributed by atoms with Gasteiger partial charge in [-0.2, -0.15) is 4.99 Å². The van der Waals surface area contributed by atoms with Crippen LogP contribution in [0, 0.1) is 0 Å². The van der Waals surface area contributed by atoms with E-state index >= 15 is 0 Å². The molecule has 0 aromatic carbocycles. The number of urea groups is 1. The van der Waals surface area contributed by atoms with Gasteiger partial charge in [0.25, 0.3) is 0 Å². The van der Waals surface area contributed by atoms with E-state index < -0.39 is 6.03 Å². The molecule has 58 valence electrons. The highest BCUT2D eigenvalue weighted by molar-refractivity contribution is 5.90. The van der Waals surface area contributed by atoms with Crippen LogP contribution in [-0.2, 0) is 0 Å². The van der Waals surface area contributed by atoms with Crippen molar-refractivity contribution in [2.45, 2.75) is 0 Å². The molecule has 0 spiro atoms. The fourth-order valence-electron chi connectivity index (χ4n) is 0.320. The summed E-state index contributed by atoms with van der Waals surface area (Å²) in [4.78, 5) is 13.6. The Morgan fingerprint density at radius 1 is 1.60 bits per heavy atom. The molecule has 2 amide bonds. The quantitative estimate of drug-likeness (QED) is 0.265. The number of guanidine groups is 1. The number of rotatable bonds is 2. The summed E-state index contributed by atoms with van der Waals surface area (Å²) in [5.74, 6) is -0.296. The average Bonchev–Trinajstić information content (AvgIpc) is 1.82. The SMILES string of the molecule is NC(N)=NC(=O)NCCO. The van der Waals surface area contributed by atoms with Crippen LogP contribution in [0.5, 0.6) is 0 Å². The van der Waals surface area contributed by atoms with Gasteiger partial charge in [0.05, 0.1) is 6.61 Å². The Kier molecular flexibility index (Phi) is 3.97. The molecule has 0 bridgehead atoms. The Balaban J connectivity index is 3.54. The third-order valence-electron chi connectivity index (χ3n) is 0.619. The molecule has 0 saturated heterocycles. The number of amides is 2. The molecule has 6 nitrogen and oxygen atoms in total. The highest BCUT2D eigenvalue weighted by Gasteiger charge is 1.94. The Bertz CT molecular complexity index is 140. The summed E-state index contributed by atoms with van der Waals surface area (Å²) < 4.78 is 0. The molecule has 6 heteroatoms. The first-order chi connectivity index (χ1) is 4.66. The van der Waals surface area contributed by atoms with Gasteiger partial charge in [-0.1, -0.05) is 0 Å². The number of hydrogen-bond acceptors (Lipinski definition) is 2. The van der Waals surface area contributed by atoms with Crippen LogP contribution >= 0.6 is 0 Å². The molecular formula is C4H10N4O2. The van der Waals surface area contributed by atoms with Crippen LogP contribution < -0.4 is 16.8 Å². The summed E-state index contributed by atoms with van der Waals surface area (Å²) in [6.07, 6.45) is 0. The minimum Gasteiger partial charge on any atom is -0.395 e. The van der Waals surface area contributed by atoms with E-state index in [-0.39, 0.29) is 19.1 Å². The molecule has 0 heterocycles. The van der Waals surface area contributed by atoms with Crippen LogP contribution in [-0.4, -0.2) is 30.2 Å². The summed E-state index contributed by atoms with van der Waals surface area (Å²) in [7, 11) is 0. The van der Waals surface area contributed by atoms with Crippen molar-refractivity contribution in [3.05, 3.63) is 0 Å². The molecule has 0 aromatic heterocycles. The molecule has 0 aliphatic heterocycles. The van der Waals surface area contributed by atoms with E-state index in [2.05, 4.69) is 10.3 Å². The lowest BCUT2D eigenvalue weighted by Gasteiger charge is -1.95. The summed E-state index contributed by atoms with van der Waals surface area (Å²) in [6.45, 7) is 0.0152. The van der Waals surface area contributed by atoms with Crippen LogP contribution in [0.2, 0.25) is 0 Å². The predicted octanol–water partition coefficient (Wildman–Crippen LogP) is -2.04. The Labute approximate surface area is 57.9 Å². The van der Waals surface area contributed by atoms with E-state index in [0.717, 1.165) is 0 Å². The molecular weight excluding hydrogens is 136 g/mol. The van der Waals surface area contributed by atoms with Crippen LogP contribution in [0.4, 0.5) is 4.79 Å². The molecule has 0 unspecified atom stereocenters. The maximum Gasteiger partial charge on any atom is 0.344 e. The van der Waals surface area contributed by atoms with Gasteiger partial charge in [0.15, 0.2) is 5.96 Å². The normalized spacial score (nSPS) is 8.50. The second-order valence-electron chi connectivity index (χ2n) is 1.49. The van der Waals surface area contributed by atoms with E-state index in [1.165, 1.54) is 0 Å².